The molecule has 8 rings (SSSR count). The van der Waals surface area contributed by atoms with Crippen LogP contribution in [0.25, 0.3) is 0 Å². The number of likely N-dealkylation sites (tertiary alicyclic amines) is 2. The van der Waals surface area contributed by atoms with Gasteiger partial charge in [0, 0.05) is 36.2 Å². The van der Waals surface area contributed by atoms with Gasteiger partial charge in [0.2, 0.25) is 0 Å². The smallest absolute Gasteiger partial charge is 0.254 e. The zero-order chi connectivity index (χ0) is 24.1. The van der Waals surface area contributed by atoms with Gasteiger partial charge in [-0.05, 0) is 117 Å². The summed E-state index contributed by atoms with van der Waals surface area (Å²) in [4.78, 5) is 18.9. The second-order valence-corrected chi connectivity index (χ2v) is 12.7. The molecular formula is C31H37N3O2. The molecule has 5 unspecified atom stereocenters. The lowest BCUT2D eigenvalue weighted by molar-refractivity contribution is -0.104. The van der Waals surface area contributed by atoms with Gasteiger partial charge < -0.3 is 15.3 Å². The van der Waals surface area contributed by atoms with Gasteiger partial charge in [-0.25, -0.2) is 0 Å². The Morgan fingerprint density at radius 3 is 2.83 bits per heavy atom. The van der Waals surface area contributed by atoms with E-state index in [1.54, 1.807) is 0 Å². The van der Waals surface area contributed by atoms with E-state index in [-0.39, 0.29) is 16.7 Å². The third-order valence-corrected chi connectivity index (χ3v) is 11.5. The van der Waals surface area contributed by atoms with Crippen molar-refractivity contribution in [2.75, 3.05) is 32.7 Å². The topological polar surface area (TPSA) is 55.8 Å². The third-order valence-electron chi connectivity index (χ3n) is 11.5. The number of phenolic OH excluding ortho intramolecular Hbond substituents is 1. The van der Waals surface area contributed by atoms with Gasteiger partial charge in [0.25, 0.3) is 5.91 Å². The Morgan fingerprint density at radius 2 is 2.00 bits per heavy atom. The average Bonchev–Trinajstić information content (AvgIpc) is 3.57. The van der Waals surface area contributed by atoms with Crippen LogP contribution in [-0.4, -0.2) is 65.6 Å². The normalized spacial score (nSPS) is 40.2. The van der Waals surface area contributed by atoms with Crippen LogP contribution < -0.4 is 5.32 Å². The minimum absolute atomic E-state index is 0.0910. The van der Waals surface area contributed by atoms with Crippen LogP contribution in [0, 0.1) is 23.2 Å². The molecule has 0 aromatic heterocycles. The Balaban J connectivity index is 1.22. The Labute approximate surface area is 213 Å². The summed E-state index contributed by atoms with van der Waals surface area (Å²) in [6.45, 7) is 5.61. The molecule has 0 spiro atoms. The highest BCUT2D eigenvalue weighted by Crippen LogP contribution is 2.75. The molecule has 2 N–H and O–H groups in total. The van der Waals surface area contributed by atoms with Crippen molar-refractivity contribution in [3.8, 4) is 5.75 Å². The number of carbonyl (C=O) groups excluding carboxylic acids is 1. The summed E-state index contributed by atoms with van der Waals surface area (Å²) in [6.07, 6.45) is 7.18. The highest BCUT2D eigenvalue weighted by atomic mass is 16.3. The molecule has 5 heteroatoms. The van der Waals surface area contributed by atoms with Crippen molar-refractivity contribution < 1.29 is 9.90 Å². The van der Waals surface area contributed by atoms with E-state index in [0.717, 1.165) is 50.5 Å². The Bertz CT molecular complexity index is 1210. The minimum atomic E-state index is 0.0910. The van der Waals surface area contributed by atoms with Crippen molar-refractivity contribution in [3.63, 3.8) is 0 Å². The molecule has 5 fully saturated rings. The molecule has 4 bridgehead atoms. The van der Waals surface area contributed by atoms with E-state index in [1.807, 2.05) is 36.4 Å². The van der Waals surface area contributed by atoms with Gasteiger partial charge in [0.15, 0.2) is 0 Å². The van der Waals surface area contributed by atoms with Crippen molar-refractivity contribution in [2.24, 2.45) is 23.2 Å². The fourth-order valence-corrected chi connectivity index (χ4v) is 10.5. The van der Waals surface area contributed by atoms with Crippen molar-refractivity contribution in [1.82, 2.24) is 15.1 Å². The number of aromatic hydroxyl groups is 1. The van der Waals surface area contributed by atoms with Crippen LogP contribution in [0.2, 0.25) is 0 Å². The maximum absolute atomic E-state index is 13.7. The Morgan fingerprint density at radius 1 is 1.11 bits per heavy atom. The van der Waals surface area contributed by atoms with Gasteiger partial charge in [0.05, 0.1) is 0 Å². The van der Waals surface area contributed by atoms with Crippen molar-refractivity contribution in [2.45, 2.75) is 56.0 Å². The molecule has 2 aromatic carbocycles. The summed E-state index contributed by atoms with van der Waals surface area (Å²) < 4.78 is 0. The highest BCUT2D eigenvalue weighted by molar-refractivity contribution is 5.94. The van der Waals surface area contributed by atoms with Crippen molar-refractivity contribution in [3.05, 3.63) is 65.2 Å². The summed E-state index contributed by atoms with van der Waals surface area (Å²) in [5.74, 6) is 2.47. The van der Waals surface area contributed by atoms with Crippen molar-refractivity contribution in [1.29, 1.82) is 0 Å². The van der Waals surface area contributed by atoms with Gasteiger partial charge in [-0.2, -0.15) is 0 Å². The molecule has 7 atom stereocenters. The van der Waals surface area contributed by atoms with Crippen LogP contribution in [0.15, 0.2) is 48.5 Å². The van der Waals surface area contributed by atoms with E-state index in [0.29, 0.717) is 29.7 Å². The standard InChI is InChI=1S/C31H37N3O2/c35-24-7-6-22-14-27-30-10-8-26-28(23(16-30)19-34(26)29(36)21-4-2-1-3-5-21)31(30,25(22)15-24)11-13-33(27)18-20-9-12-32-17-20/h1-7,15,20,23,26-28,32,35H,8-14,16-19H2/t20-,23-,26?,27?,28?,30?,31?/m1/s1. The molecule has 36 heavy (non-hydrogen) atoms. The number of fused-ring (bicyclic) bond motifs is 1. The van der Waals surface area contributed by atoms with E-state index >= 15 is 0 Å². The maximum atomic E-state index is 13.7. The molecule has 1 amide bonds. The quantitative estimate of drug-likeness (QED) is 0.697. The molecule has 3 saturated heterocycles. The number of nitrogens with one attached hydrogen (secondary N) is 1. The Hall–Kier alpha value is -2.37. The first-order valence-electron chi connectivity index (χ1n) is 14.2. The fraction of sp³-hybridized carbons (Fsp3) is 0.581. The van der Waals surface area contributed by atoms with Crippen LogP contribution >= 0.6 is 0 Å². The number of rotatable bonds is 3. The van der Waals surface area contributed by atoms with Gasteiger partial charge in [-0.3, -0.25) is 9.69 Å². The molecule has 5 nitrogen and oxygen atoms in total. The molecule has 3 aliphatic heterocycles. The summed E-state index contributed by atoms with van der Waals surface area (Å²) in [5, 5.41) is 14.2. The molecule has 0 radical (unpaired) electrons. The SMILES string of the molecule is O=C(c1ccccc1)N1C[C@H]2CC34CCC1C2C31CCN(C[C@@H]2CCNC2)C4Cc2ccc(O)cc21. The molecular weight excluding hydrogens is 446 g/mol. The summed E-state index contributed by atoms with van der Waals surface area (Å²) in [6, 6.07) is 17.1. The lowest BCUT2D eigenvalue weighted by atomic mass is 9.43. The number of phenols is 1. The zero-order valence-electron chi connectivity index (χ0n) is 21.0. The second-order valence-electron chi connectivity index (χ2n) is 12.7. The van der Waals surface area contributed by atoms with E-state index in [4.69, 9.17) is 0 Å². The van der Waals surface area contributed by atoms with E-state index < -0.39 is 0 Å². The van der Waals surface area contributed by atoms with E-state index in [2.05, 4.69) is 27.2 Å². The lowest BCUT2D eigenvalue weighted by Crippen LogP contribution is -2.70. The Kier molecular flexibility index (Phi) is 4.57. The van der Waals surface area contributed by atoms with Gasteiger partial charge >= 0.3 is 0 Å². The van der Waals surface area contributed by atoms with Crippen LogP contribution in [-0.2, 0) is 11.8 Å². The molecule has 3 aliphatic carbocycles. The summed E-state index contributed by atoms with van der Waals surface area (Å²) in [7, 11) is 0. The zero-order valence-corrected chi connectivity index (χ0v) is 21.0. The first-order chi connectivity index (χ1) is 17.6. The fourth-order valence-electron chi connectivity index (χ4n) is 10.5. The molecule has 2 aromatic rings. The van der Waals surface area contributed by atoms with Crippen molar-refractivity contribution >= 4 is 5.91 Å². The number of benzene rings is 2. The average molecular weight is 484 g/mol. The summed E-state index contributed by atoms with van der Waals surface area (Å²) in [5.41, 5.74) is 4.09. The number of amides is 1. The molecule has 188 valence electrons. The number of piperidine rings is 1. The number of nitrogens with zero attached hydrogens (tertiary/aromatic N) is 2. The highest BCUT2D eigenvalue weighted by Gasteiger charge is 2.76. The number of hydrogen-bond donors (Lipinski definition) is 2. The summed E-state index contributed by atoms with van der Waals surface area (Å²) >= 11 is 0. The van der Waals surface area contributed by atoms with E-state index in [9.17, 15) is 9.90 Å². The molecule has 2 saturated carbocycles. The number of hydrogen-bond acceptors (Lipinski definition) is 4. The van der Waals surface area contributed by atoms with Gasteiger partial charge in [-0.1, -0.05) is 24.3 Å². The first kappa shape index (κ1) is 21.7. The lowest BCUT2D eigenvalue weighted by Gasteiger charge is -2.66. The van der Waals surface area contributed by atoms with Gasteiger partial charge in [-0.15, -0.1) is 0 Å². The van der Waals surface area contributed by atoms with E-state index in [1.165, 1.54) is 43.4 Å². The van der Waals surface area contributed by atoms with Crippen LogP contribution in [0.1, 0.15) is 53.6 Å². The monoisotopic (exact) mass is 483 g/mol. The third kappa shape index (κ3) is 2.66. The molecule has 3 heterocycles. The predicted molar refractivity (Wildman–Crippen MR) is 139 cm³/mol. The maximum Gasteiger partial charge on any atom is 0.254 e. The number of carbonyl (C=O) groups is 1. The first-order valence-corrected chi connectivity index (χ1v) is 14.2. The van der Waals surface area contributed by atoms with Crippen LogP contribution in [0.5, 0.6) is 5.75 Å². The van der Waals surface area contributed by atoms with Crippen LogP contribution in [0.3, 0.4) is 0 Å². The second kappa shape index (κ2) is 7.58. The van der Waals surface area contributed by atoms with Gasteiger partial charge in [0.1, 0.15) is 5.75 Å². The molecule has 6 aliphatic rings. The van der Waals surface area contributed by atoms with Crippen LogP contribution in [0.4, 0.5) is 0 Å². The minimum Gasteiger partial charge on any atom is -0.508 e. The predicted octanol–water partition coefficient (Wildman–Crippen LogP) is 3.81. The largest absolute Gasteiger partial charge is 0.508 e.